The third-order valence-corrected chi connectivity index (χ3v) is 6.03. The van der Waals surface area contributed by atoms with Gasteiger partial charge in [0.2, 0.25) is 0 Å². The second-order valence-corrected chi connectivity index (χ2v) is 7.43. The van der Waals surface area contributed by atoms with Gasteiger partial charge in [0.1, 0.15) is 0 Å². The summed E-state index contributed by atoms with van der Waals surface area (Å²) < 4.78 is 4.82. The number of methoxy groups -OCH3 is 1. The largest absolute Gasteiger partial charge is 0.465 e. The number of benzene rings is 2. The van der Waals surface area contributed by atoms with Gasteiger partial charge in [-0.25, -0.2) is 4.79 Å². The fraction of sp³-hybridized carbons (Fsp3) is 0.409. The van der Waals surface area contributed by atoms with E-state index < -0.39 is 0 Å². The van der Waals surface area contributed by atoms with Crippen molar-refractivity contribution >= 4 is 11.7 Å². The molecule has 0 spiro atoms. The van der Waals surface area contributed by atoms with Crippen molar-refractivity contribution < 1.29 is 9.53 Å². The molecule has 0 N–H and O–H groups in total. The molecular formula is C22H25NO2. The van der Waals surface area contributed by atoms with E-state index in [2.05, 4.69) is 49.2 Å². The molecule has 25 heavy (non-hydrogen) atoms. The van der Waals surface area contributed by atoms with Gasteiger partial charge in [0, 0.05) is 12.7 Å². The van der Waals surface area contributed by atoms with E-state index in [-0.39, 0.29) is 5.97 Å². The molecule has 0 aromatic heterocycles. The van der Waals surface area contributed by atoms with Crippen molar-refractivity contribution in [2.45, 2.75) is 38.1 Å². The first-order valence-electron chi connectivity index (χ1n) is 9.12. The van der Waals surface area contributed by atoms with Crippen LogP contribution in [0.3, 0.4) is 0 Å². The molecule has 3 atom stereocenters. The van der Waals surface area contributed by atoms with Gasteiger partial charge in [0.15, 0.2) is 0 Å². The average Bonchev–Trinajstić information content (AvgIpc) is 3.11. The monoisotopic (exact) mass is 335 g/mol. The summed E-state index contributed by atoms with van der Waals surface area (Å²) in [5.74, 6) is 1.02. The molecule has 0 unspecified atom stereocenters. The molecular weight excluding hydrogens is 310 g/mol. The summed E-state index contributed by atoms with van der Waals surface area (Å²) in [5, 5.41) is 0. The zero-order valence-corrected chi connectivity index (χ0v) is 15.2. The van der Waals surface area contributed by atoms with Gasteiger partial charge in [-0.3, -0.25) is 0 Å². The second kappa shape index (κ2) is 6.21. The average molecular weight is 335 g/mol. The summed E-state index contributed by atoms with van der Waals surface area (Å²) in [4.78, 5) is 14.1. The van der Waals surface area contributed by atoms with Crippen LogP contribution in [0.5, 0.6) is 0 Å². The van der Waals surface area contributed by atoms with Gasteiger partial charge in [-0.1, -0.05) is 36.2 Å². The first kappa shape index (κ1) is 16.2. The lowest BCUT2D eigenvalue weighted by atomic mass is 9.76. The Morgan fingerprint density at radius 2 is 1.88 bits per heavy atom. The van der Waals surface area contributed by atoms with Crippen molar-refractivity contribution in [3.63, 3.8) is 0 Å². The quantitative estimate of drug-likeness (QED) is 0.734. The lowest BCUT2D eigenvalue weighted by molar-refractivity contribution is 0.0600. The van der Waals surface area contributed by atoms with Crippen LogP contribution in [0.15, 0.2) is 42.5 Å². The molecule has 1 aliphatic carbocycles. The van der Waals surface area contributed by atoms with Gasteiger partial charge in [0.25, 0.3) is 0 Å². The van der Waals surface area contributed by atoms with Crippen molar-refractivity contribution in [2.75, 3.05) is 19.1 Å². The number of ether oxygens (including phenoxy) is 1. The maximum atomic E-state index is 11.7. The summed E-state index contributed by atoms with van der Waals surface area (Å²) >= 11 is 0. The number of hydrogen-bond acceptors (Lipinski definition) is 3. The number of fused-ring (bicyclic) bond motifs is 3. The molecule has 2 aromatic carbocycles. The topological polar surface area (TPSA) is 29.5 Å². The Bertz CT molecular complexity index is 796. The molecule has 1 heterocycles. The van der Waals surface area contributed by atoms with Crippen molar-refractivity contribution in [3.8, 4) is 0 Å². The molecule has 0 saturated heterocycles. The van der Waals surface area contributed by atoms with Gasteiger partial charge in [-0.15, -0.1) is 0 Å². The van der Waals surface area contributed by atoms with E-state index >= 15 is 0 Å². The summed E-state index contributed by atoms with van der Waals surface area (Å²) in [6.45, 7) is 2.18. The van der Waals surface area contributed by atoms with Gasteiger partial charge < -0.3 is 9.64 Å². The summed E-state index contributed by atoms with van der Waals surface area (Å²) in [6, 6.07) is 15.2. The van der Waals surface area contributed by atoms with Crippen molar-refractivity contribution in [1.82, 2.24) is 0 Å². The fourth-order valence-corrected chi connectivity index (χ4v) is 4.89. The number of carbonyl (C=O) groups excluding carboxylic acids is 1. The molecule has 2 aliphatic rings. The van der Waals surface area contributed by atoms with E-state index in [0.29, 0.717) is 23.4 Å². The number of anilines is 1. The SMILES string of the molecule is COC(=O)c1ccc([C@H]2[C@H]3CCC[C@H]3c3cc(C)ccc3N2C)cc1. The maximum absolute atomic E-state index is 11.7. The van der Waals surface area contributed by atoms with Crippen molar-refractivity contribution in [1.29, 1.82) is 0 Å². The Hall–Kier alpha value is -2.29. The minimum absolute atomic E-state index is 0.275. The Morgan fingerprint density at radius 1 is 1.12 bits per heavy atom. The van der Waals surface area contributed by atoms with Crippen LogP contribution in [0.25, 0.3) is 0 Å². The smallest absolute Gasteiger partial charge is 0.337 e. The van der Waals surface area contributed by atoms with Crippen molar-refractivity contribution in [3.05, 3.63) is 64.7 Å². The molecule has 0 radical (unpaired) electrons. The minimum Gasteiger partial charge on any atom is -0.465 e. The van der Waals surface area contributed by atoms with Crippen LogP contribution in [-0.4, -0.2) is 20.1 Å². The highest BCUT2D eigenvalue weighted by Crippen LogP contribution is 2.55. The Kier molecular flexibility index (Phi) is 4.03. The van der Waals surface area contributed by atoms with Crippen LogP contribution in [0.2, 0.25) is 0 Å². The van der Waals surface area contributed by atoms with E-state index in [1.807, 2.05) is 12.1 Å². The summed E-state index contributed by atoms with van der Waals surface area (Å²) in [6.07, 6.45) is 3.85. The number of rotatable bonds is 2. The third kappa shape index (κ3) is 2.62. The van der Waals surface area contributed by atoms with Crippen LogP contribution in [0.1, 0.15) is 58.3 Å². The van der Waals surface area contributed by atoms with Gasteiger partial charge in [-0.2, -0.15) is 0 Å². The van der Waals surface area contributed by atoms with Crippen LogP contribution in [0, 0.1) is 12.8 Å². The number of aryl methyl sites for hydroxylation is 1. The highest BCUT2D eigenvalue weighted by atomic mass is 16.5. The molecule has 1 aliphatic heterocycles. The fourth-order valence-electron chi connectivity index (χ4n) is 4.89. The van der Waals surface area contributed by atoms with E-state index in [1.54, 1.807) is 0 Å². The molecule has 0 bridgehead atoms. The number of carbonyl (C=O) groups is 1. The number of nitrogens with zero attached hydrogens (tertiary/aromatic N) is 1. The molecule has 4 rings (SSSR count). The first-order valence-corrected chi connectivity index (χ1v) is 9.12. The van der Waals surface area contributed by atoms with Crippen LogP contribution in [-0.2, 0) is 4.74 Å². The molecule has 130 valence electrons. The predicted octanol–water partition coefficient (Wildman–Crippen LogP) is 4.86. The lowest BCUT2D eigenvalue weighted by Crippen LogP contribution is -2.36. The van der Waals surface area contributed by atoms with E-state index in [1.165, 1.54) is 48.8 Å². The zero-order chi connectivity index (χ0) is 17.6. The molecule has 2 aromatic rings. The van der Waals surface area contributed by atoms with E-state index in [0.717, 1.165) is 0 Å². The second-order valence-electron chi connectivity index (χ2n) is 7.43. The van der Waals surface area contributed by atoms with Crippen LogP contribution >= 0.6 is 0 Å². The maximum Gasteiger partial charge on any atom is 0.337 e. The van der Waals surface area contributed by atoms with Crippen molar-refractivity contribution in [2.24, 2.45) is 5.92 Å². The van der Waals surface area contributed by atoms with Crippen LogP contribution < -0.4 is 4.90 Å². The first-order chi connectivity index (χ1) is 12.1. The number of esters is 1. The molecule has 1 saturated carbocycles. The Labute approximate surface area is 149 Å². The minimum atomic E-state index is -0.275. The Morgan fingerprint density at radius 3 is 2.60 bits per heavy atom. The molecule has 0 amide bonds. The van der Waals surface area contributed by atoms with E-state index in [4.69, 9.17) is 4.74 Å². The highest BCUT2D eigenvalue weighted by Gasteiger charge is 2.42. The molecule has 1 fully saturated rings. The zero-order valence-electron chi connectivity index (χ0n) is 15.2. The van der Waals surface area contributed by atoms with E-state index in [9.17, 15) is 4.79 Å². The summed E-state index contributed by atoms with van der Waals surface area (Å²) in [7, 11) is 3.63. The molecule has 3 heteroatoms. The number of hydrogen-bond donors (Lipinski definition) is 0. The van der Waals surface area contributed by atoms with Crippen LogP contribution in [0.4, 0.5) is 5.69 Å². The highest BCUT2D eigenvalue weighted by molar-refractivity contribution is 5.89. The predicted molar refractivity (Wildman–Crippen MR) is 100 cm³/mol. The Balaban J connectivity index is 1.74. The standard InChI is InChI=1S/C22H25NO2/c1-14-7-12-20-19(13-14)17-5-4-6-18(17)21(23(20)2)15-8-10-16(11-9-15)22(24)25-3/h7-13,17-18,21H,4-6H2,1-3H3/t17-,18+,21+/m1/s1. The van der Waals surface area contributed by atoms with Gasteiger partial charge in [-0.05, 0) is 60.9 Å². The van der Waals surface area contributed by atoms with Gasteiger partial charge in [0.05, 0.1) is 18.7 Å². The third-order valence-electron chi connectivity index (χ3n) is 6.03. The van der Waals surface area contributed by atoms with Gasteiger partial charge >= 0.3 is 5.97 Å². The molecule has 3 nitrogen and oxygen atoms in total. The normalized spacial score (nSPS) is 24.6. The summed E-state index contributed by atoms with van der Waals surface area (Å²) in [5.41, 5.74) is 6.13. The lowest BCUT2D eigenvalue weighted by Gasteiger charge is -2.44.